The maximum absolute atomic E-state index is 11.3. The molecule has 1 rings (SSSR count). The number of carbonyl (C=O) groups is 1. The SMILES string of the molecule is O=C(C=Cc1ccccc1)OCCOCC#CI. The Kier molecular flexibility index (Phi) is 7.93. The van der Waals surface area contributed by atoms with Crippen molar-refractivity contribution in [3.63, 3.8) is 0 Å². The summed E-state index contributed by atoms with van der Waals surface area (Å²) in [5.41, 5.74) is 0.961. The molecule has 0 saturated heterocycles. The lowest BCUT2D eigenvalue weighted by atomic mass is 10.2. The van der Waals surface area contributed by atoms with E-state index in [0.717, 1.165) is 5.56 Å². The lowest BCUT2D eigenvalue weighted by Crippen LogP contribution is -2.08. The monoisotopic (exact) mass is 356 g/mol. The summed E-state index contributed by atoms with van der Waals surface area (Å²) in [5, 5.41) is 0. The Morgan fingerprint density at radius 2 is 2.06 bits per heavy atom. The molecule has 0 aliphatic rings. The van der Waals surface area contributed by atoms with Crippen LogP contribution in [0.25, 0.3) is 6.08 Å². The first-order valence-electron chi connectivity index (χ1n) is 5.39. The van der Waals surface area contributed by atoms with Gasteiger partial charge in [-0.1, -0.05) is 36.3 Å². The summed E-state index contributed by atoms with van der Waals surface area (Å²) in [6.45, 7) is 0.956. The standard InChI is InChI=1S/C14H13IO3/c15-9-4-10-17-11-12-18-14(16)8-7-13-5-2-1-3-6-13/h1-3,5-8H,10-12H2. The van der Waals surface area contributed by atoms with Crippen molar-refractivity contribution in [3.05, 3.63) is 42.0 Å². The van der Waals surface area contributed by atoms with E-state index in [1.165, 1.54) is 6.08 Å². The zero-order valence-corrected chi connectivity index (χ0v) is 11.9. The van der Waals surface area contributed by atoms with Crippen LogP contribution in [0.4, 0.5) is 0 Å². The summed E-state index contributed by atoms with van der Waals surface area (Å²) in [6.07, 6.45) is 3.12. The molecule has 0 amide bonds. The largest absolute Gasteiger partial charge is 0.460 e. The number of carbonyl (C=O) groups excluding carboxylic acids is 1. The number of benzene rings is 1. The van der Waals surface area contributed by atoms with E-state index in [1.807, 2.05) is 52.9 Å². The van der Waals surface area contributed by atoms with Crippen LogP contribution in [0, 0.1) is 9.85 Å². The molecule has 4 heteroatoms. The molecule has 0 aromatic heterocycles. The van der Waals surface area contributed by atoms with Gasteiger partial charge >= 0.3 is 5.97 Å². The van der Waals surface area contributed by atoms with Crippen molar-refractivity contribution in [1.82, 2.24) is 0 Å². The molecule has 94 valence electrons. The van der Waals surface area contributed by atoms with E-state index in [9.17, 15) is 4.79 Å². The summed E-state index contributed by atoms with van der Waals surface area (Å²) >= 11 is 1.94. The molecule has 0 fully saturated rings. The van der Waals surface area contributed by atoms with Gasteiger partial charge in [0.2, 0.25) is 0 Å². The molecule has 1 aromatic rings. The van der Waals surface area contributed by atoms with Gasteiger partial charge in [0.1, 0.15) is 13.2 Å². The first kappa shape index (κ1) is 14.7. The van der Waals surface area contributed by atoms with Crippen LogP contribution in [0.15, 0.2) is 36.4 Å². The predicted octanol–water partition coefficient (Wildman–Crippen LogP) is 2.66. The van der Waals surface area contributed by atoms with Gasteiger partial charge < -0.3 is 9.47 Å². The topological polar surface area (TPSA) is 35.5 Å². The Bertz CT molecular complexity index is 443. The van der Waals surface area contributed by atoms with E-state index >= 15 is 0 Å². The minimum absolute atomic E-state index is 0.237. The second-order valence-electron chi connectivity index (χ2n) is 3.24. The smallest absolute Gasteiger partial charge is 0.330 e. The minimum atomic E-state index is -0.373. The molecule has 0 bridgehead atoms. The van der Waals surface area contributed by atoms with Crippen molar-refractivity contribution in [2.75, 3.05) is 19.8 Å². The van der Waals surface area contributed by atoms with Crippen molar-refractivity contribution >= 4 is 34.6 Å². The number of hydrogen-bond donors (Lipinski definition) is 0. The van der Waals surface area contributed by atoms with Crippen LogP contribution in [-0.2, 0) is 14.3 Å². The molecule has 18 heavy (non-hydrogen) atoms. The fourth-order valence-corrected chi connectivity index (χ4v) is 1.28. The second-order valence-corrected chi connectivity index (χ2v) is 3.77. The lowest BCUT2D eigenvalue weighted by molar-refractivity contribution is -0.139. The van der Waals surface area contributed by atoms with Gasteiger partial charge in [-0.2, -0.15) is 0 Å². The molecule has 0 N–H and O–H groups in total. The van der Waals surface area contributed by atoms with E-state index in [4.69, 9.17) is 9.47 Å². The third-order valence-electron chi connectivity index (χ3n) is 1.92. The highest BCUT2D eigenvalue weighted by atomic mass is 127. The van der Waals surface area contributed by atoms with Crippen LogP contribution in [0.2, 0.25) is 0 Å². The Labute approximate surface area is 120 Å². The van der Waals surface area contributed by atoms with Gasteiger partial charge in [0.15, 0.2) is 0 Å². The highest BCUT2D eigenvalue weighted by Gasteiger charge is 1.96. The van der Waals surface area contributed by atoms with Crippen LogP contribution in [0.5, 0.6) is 0 Å². The molecule has 0 spiro atoms. The third kappa shape index (κ3) is 7.09. The first-order chi connectivity index (χ1) is 8.83. The third-order valence-corrected chi connectivity index (χ3v) is 2.31. The van der Waals surface area contributed by atoms with Crippen LogP contribution < -0.4 is 0 Å². The Balaban J connectivity index is 2.17. The van der Waals surface area contributed by atoms with E-state index in [2.05, 4.69) is 9.85 Å². The summed E-state index contributed by atoms with van der Waals surface area (Å²) in [4.78, 5) is 11.3. The van der Waals surface area contributed by atoms with Gasteiger partial charge in [-0.05, 0) is 15.6 Å². The van der Waals surface area contributed by atoms with E-state index in [0.29, 0.717) is 13.2 Å². The van der Waals surface area contributed by atoms with Crippen LogP contribution in [0.3, 0.4) is 0 Å². The number of rotatable bonds is 6. The van der Waals surface area contributed by atoms with Crippen molar-refractivity contribution < 1.29 is 14.3 Å². The van der Waals surface area contributed by atoms with Crippen molar-refractivity contribution in [2.45, 2.75) is 0 Å². The van der Waals surface area contributed by atoms with Gasteiger partial charge in [-0.15, -0.1) is 0 Å². The van der Waals surface area contributed by atoms with Gasteiger partial charge in [0.05, 0.1) is 6.61 Å². The molecule has 0 atom stereocenters. The number of halogens is 1. The molecule has 0 aliphatic heterocycles. The Hall–Kier alpha value is -1.32. The quantitative estimate of drug-likeness (QED) is 0.259. The van der Waals surface area contributed by atoms with E-state index in [1.54, 1.807) is 6.08 Å². The second kappa shape index (κ2) is 9.68. The zero-order valence-electron chi connectivity index (χ0n) is 9.77. The molecule has 0 saturated carbocycles. The number of hydrogen-bond acceptors (Lipinski definition) is 3. The fourth-order valence-electron chi connectivity index (χ4n) is 1.13. The molecular formula is C14H13IO3. The molecule has 3 nitrogen and oxygen atoms in total. The average molecular weight is 356 g/mol. The predicted molar refractivity (Wildman–Crippen MR) is 79.1 cm³/mol. The van der Waals surface area contributed by atoms with Gasteiger partial charge in [-0.25, -0.2) is 4.79 Å². The summed E-state index contributed by atoms with van der Waals surface area (Å²) in [6, 6.07) is 9.57. The Morgan fingerprint density at radius 1 is 1.28 bits per heavy atom. The van der Waals surface area contributed by atoms with Crippen molar-refractivity contribution in [2.24, 2.45) is 0 Å². The summed E-state index contributed by atoms with van der Waals surface area (Å²) in [7, 11) is 0. The highest BCUT2D eigenvalue weighted by Crippen LogP contribution is 2.00. The number of ether oxygens (including phenoxy) is 2. The number of esters is 1. The maximum atomic E-state index is 11.3. The zero-order chi connectivity index (χ0) is 13.1. The maximum Gasteiger partial charge on any atom is 0.330 e. The normalized spacial score (nSPS) is 9.83. The van der Waals surface area contributed by atoms with E-state index in [-0.39, 0.29) is 12.6 Å². The fraction of sp³-hybridized carbons (Fsp3) is 0.214. The van der Waals surface area contributed by atoms with Crippen LogP contribution >= 0.6 is 22.6 Å². The highest BCUT2D eigenvalue weighted by molar-refractivity contribution is 14.1. The van der Waals surface area contributed by atoms with E-state index < -0.39 is 0 Å². The molecule has 1 aromatic carbocycles. The van der Waals surface area contributed by atoms with Gasteiger partial charge in [-0.3, -0.25) is 0 Å². The molecule has 0 radical (unpaired) electrons. The average Bonchev–Trinajstić information content (AvgIpc) is 2.41. The molecule has 0 aliphatic carbocycles. The summed E-state index contributed by atoms with van der Waals surface area (Å²) < 4.78 is 12.7. The minimum Gasteiger partial charge on any atom is -0.460 e. The summed E-state index contributed by atoms with van der Waals surface area (Å²) in [5.74, 6) is 2.37. The van der Waals surface area contributed by atoms with Crippen LogP contribution in [-0.4, -0.2) is 25.8 Å². The van der Waals surface area contributed by atoms with Crippen molar-refractivity contribution in [3.8, 4) is 9.85 Å². The lowest BCUT2D eigenvalue weighted by Gasteiger charge is -2.01. The van der Waals surface area contributed by atoms with Crippen LogP contribution in [0.1, 0.15) is 5.56 Å². The van der Waals surface area contributed by atoms with Gasteiger partial charge in [0.25, 0.3) is 0 Å². The molecule has 0 heterocycles. The Morgan fingerprint density at radius 3 is 2.78 bits per heavy atom. The molecule has 0 unspecified atom stereocenters. The first-order valence-corrected chi connectivity index (χ1v) is 6.47. The molecular weight excluding hydrogens is 343 g/mol. The van der Waals surface area contributed by atoms with Gasteiger partial charge in [0, 0.05) is 28.7 Å². The van der Waals surface area contributed by atoms with Crippen molar-refractivity contribution in [1.29, 1.82) is 0 Å².